The molecule has 0 aliphatic carbocycles. The highest BCUT2D eigenvalue weighted by molar-refractivity contribution is 5.87. The van der Waals surface area contributed by atoms with Crippen LogP contribution >= 0.6 is 0 Å². The van der Waals surface area contributed by atoms with E-state index in [0.717, 1.165) is 17.7 Å². The maximum absolute atomic E-state index is 14.2. The number of alkyl halides is 3. The zero-order chi connectivity index (χ0) is 29.7. The second kappa shape index (κ2) is 10.7. The number of rotatable bonds is 5. The zero-order valence-corrected chi connectivity index (χ0v) is 24.1. The summed E-state index contributed by atoms with van der Waals surface area (Å²) in [6, 6.07) is 3.61. The fraction of sp³-hybridized carbons (Fsp3) is 0.586. The molecule has 3 aliphatic heterocycles. The minimum absolute atomic E-state index is 0.0924. The van der Waals surface area contributed by atoms with Gasteiger partial charge in [0.2, 0.25) is 5.91 Å². The van der Waals surface area contributed by atoms with Crippen LogP contribution in [0.5, 0.6) is 0 Å². The molecule has 220 valence electrons. The summed E-state index contributed by atoms with van der Waals surface area (Å²) in [4.78, 5) is 23.7. The van der Waals surface area contributed by atoms with Gasteiger partial charge in [-0.05, 0) is 30.4 Å². The summed E-state index contributed by atoms with van der Waals surface area (Å²) in [6.45, 7) is 14.5. The molecule has 0 N–H and O–H groups in total. The molecule has 41 heavy (non-hydrogen) atoms. The highest BCUT2D eigenvalue weighted by Gasteiger charge is 2.43. The summed E-state index contributed by atoms with van der Waals surface area (Å²) < 4.78 is 44.6. The van der Waals surface area contributed by atoms with Crippen molar-refractivity contribution in [2.75, 3.05) is 62.2 Å². The molecule has 1 amide bonds. The third kappa shape index (κ3) is 5.39. The number of hydrogen-bond acceptors (Lipinski definition) is 7. The topological polar surface area (TPSA) is 84.5 Å². The van der Waals surface area contributed by atoms with Crippen LogP contribution in [0.15, 0.2) is 24.9 Å². The van der Waals surface area contributed by atoms with Crippen LogP contribution in [0.2, 0.25) is 0 Å². The van der Waals surface area contributed by atoms with Gasteiger partial charge < -0.3 is 14.7 Å². The maximum Gasteiger partial charge on any atom is 0.434 e. The number of amides is 1. The van der Waals surface area contributed by atoms with Gasteiger partial charge in [-0.3, -0.25) is 14.4 Å². The van der Waals surface area contributed by atoms with Crippen LogP contribution < -0.4 is 9.80 Å². The number of carbonyl (C=O) groups excluding carboxylic acids is 1. The van der Waals surface area contributed by atoms with Crippen molar-refractivity contribution in [3.8, 4) is 6.07 Å². The van der Waals surface area contributed by atoms with E-state index in [4.69, 9.17) is 0 Å². The van der Waals surface area contributed by atoms with Crippen LogP contribution in [0.1, 0.15) is 48.7 Å². The Morgan fingerprint density at radius 3 is 2.39 bits per heavy atom. The average Bonchev–Trinajstić information content (AvgIpc) is 3.23. The second-order valence-corrected chi connectivity index (χ2v) is 12.0. The van der Waals surface area contributed by atoms with Crippen molar-refractivity contribution in [1.29, 1.82) is 5.26 Å². The Morgan fingerprint density at radius 1 is 1.17 bits per heavy atom. The van der Waals surface area contributed by atoms with Crippen molar-refractivity contribution in [1.82, 2.24) is 24.6 Å². The van der Waals surface area contributed by atoms with Gasteiger partial charge in [-0.2, -0.15) is 23.5 Å². The van der Waals surface area contributed by atoms with E-state index in [1.165, 1.54) is 6.08 Å². The number of anilines is 2. The van der Waals surface area contributed by atoms with Crippen LogP contribution in [0.25, 0.3) is 0 Å². The van der Waals surface area contributed by atoms with Gasteiger partial charge in [-0.25, -0.2) is 4.98 Å². The van der Waals surface area contributed by atoms with Gasteiger partial charge in [0.1, 0.15) is 17.5 Å². The number of aromatic nitrogens is 3. The first-order chi connectivity index (χ1) is 19.3. The van der Waals surface area contributed by atoms with Gasteiger partial charge in [0, 0.05) is 83.1 Å². The molecule has 0 spiro atoms. The third-order valence-corrected chi connectivity index (χ3v) is 8.95. The molecular weight excluding hydrogens is 533 g/mol. The quantitative estimate of drug-likeness (QED) is 0.509. The molecule has 0 radical (unpaired) electrons. The highest BCUT2D eigenvalue weighted by Crippen LogP contribution is 2.45. The van der Waals surface area contributed by atoms with E-state index in [9.17, 15) is 23.2 Å². The Hall–Kier alpha value is -3.59. The van der Waals surface area contributed by atoms with Gasteiger partial charge in [-0.15, -0.1) is 0 Å². The predicted molar refractivity (Wildman–Crippen MR) is 150 cm³/mol. The van der Waals surface area contributed by atoms with Crippen LogP contribution in [0.4, 0.5) is 24.7 Å². The molecule has 1 unspecified atom stereocenters. The smallest absolute Gasteiger partial charge is 0.367 e. The summed E-state index contributed by atoms with van der Waals surface area (Å²) in [5.41, 5.74) is 0.736. The molecule has 2 aromatic rings. The Bertz CT molecular complexity index is 1340. The zero-order valence-electron chi connectivity index (χ0n) is 24.1. The summed E-state index contributed by atoms with van der Waals surface area (Å²) >= 11 is 0. The van der Waals surface area contributed by atoms with E-state index >= 15 is 0 Å². The van der Waals surface area contributed by atoms with Crippen LogP contribution in [-0.4, -0.2) is 88.9 Å². The first-order valence-corrected chi connectivity index (χ1v) is 14.0. The Labute approximate surface area is 238 Å². The van der Waals surface area contributed by atoms with E-state index in [2.05, 4.69) is 35.4 Å². The summed E-state index contributed by atoms with van der Waals surface area (Å²) in [7, 11) is 1.93. The highest BCUT2D eigenvalue weighted by atomic mass is 19.4. The normalized spacial score (nSPS) is 21.9. The van der Waals surface area contributed by atoms with E-state index in [0.29, 0.717) is 52.4 Å². The molecule has 0 saturated carbocycles. The number of aryl methyl sites for hydroxylation is 2. The van der Waals surface area contributed by atoms with Crippen molar-refractivity contribution in [3.05, 3.63) is 47.4 Å². The second-order valence-electron chi connectivity index (χ2n) is 12.0. The third-order valence-electron chi connectivity index (χ3n) is 8.95. The Balaban J connectivity index is 1.37. The number of pyridine rings is 1. The predicted octanol–water partition coefficient (Wildman–Crippen LogP) is 3.55. The van der Waals surface area contributed by atoms with Crippen molar-refractivity contribution in [2.24, 2.45) is 12.5 Å². The van der Waals surface area contributed by atoms with Gasteiger partial charge in [0.15, 0.2) is 5.69 Å². The lowest BCUT2D eigenvalue weighted by molar-refractivity contribution is -0.141. The molecule has 5 rings (SSSR count). The van der Waals surface area contributed by atoms with Crippen LogP contribution in [0.3, 0.4) is 0 Å². The summed E-state index contributed by atoms with van der Waals surface area (Å²) in [5.74, 6) is 0.356. The average molecular weight is 571 g/mol. The number of hydrogen-bond donors (Lipinski definition) is 0. The Morgan fingerprint density at radius 2 is 1.85 bits per heavy atom. The van der Waals surface area contributed by atoms with Crippen molar-refractivity contribution in [3.63, 3.8) is 0 Å². The molecule has 1 atom stereocenters. The number of nitriles is 1. The molecule has 9 nitrogen and oxygen atoms in total. The van der Waals surface area contributed by atoms with Gasteiger partial charge in [-0.1, -0.05) is 20.4 Å². The summed E-state index contributed by atoms with van der Waals surface area (Å²) in [5, 5.41) is 14.2. The summed E-state index contributed by atoms with van der Waals surface area (Å²) in [6.07, 6.45) is -0.846. The fourth-order valence-electron chi connectivity index (χ4n) is 6.68. The lowest BCUT2D eigenvalue weighted by Gasteiger charge is -2.49. The molecule has 5 heterocycles. The molecule has 3 fully saturated rings. The van der Waals surface area contributed by atoms with Crippen LogP contribution in [-0.2, 0) is 18.0 Å². The number of piperazine rings is 1. The largest absolute Gasteiger partial charge is 0.434 e. The van der Waals surface area contributed by atoms with E-state index < -0.39 is 17.4 Å². The van der Waals surface area contributed by atoms with E-state index in [1.807, 2.05) is 34.6 Å². The number of nitrogens with zero attached hydrogens (tertiary/aromatic N) is 8. The first kappa shape index (κ1) is 28.9. The number of halogens is 3. The van der Waals surface area contributed by atoms with Crippen LogP contribution in [0, 0.1) is 23.7 Å². The minimum Gasteiger partial charge on any atom is -0.367 e. The minimum atomic E-state index is -4.76. The number of carbonyl (C=O) groups is 1. The maximum atomic E-state index is 14.2. The molecule has 0 aromatic carbocycles. The van der Waals surface area contributed by atoms with Crippen molar-refractivity contribution < 1.29 is 18.0 Å². The Kier molecular flexibility index (Phi) is 7.53. The molecule has 3 saturated heterocycles. The lowest BCUT2D eigenvalue weighted by atomic mass is 9.71. The number of piperidine rings is 1. The van der Waals surface area contributed by atoms with E-state index in [-0.39, 0.29) is 34.8 Å². The standard InChI is InChI=1S/C29H37F3N8O/c1-6-25(41)38-11-9-37(10-12-38)20-16-40(17-20)23-13-24(35-27(21(23)14-33)29(30,31)32)39-8-7-22(28(3,4)18-39)26-19(2)15-34-36(26)5/h6,13,15,20,22H,1,7-12,16-18H2,2-5H3. The SMILES string of the molecule is C=CC(=O)N1CCN(C2CN(c3cc(N4CCC(c5c(C)cnn5C)C(C)(C)C4)nc(C(F)(F)F)c3C#N)C2)CC1. The van der Waals surface area contributed by atoms with Crippen molar-refractivity contribution in [2.45, 2.75) is 45.3 Å². The fourth-order valence-corrected chi connectivity index (χ4v) is 6.68. The molecule has 0 bridgehead atoms. The molecule has 3 aliphatic rings. The monoisotopic (exact) mass is 570 g/mol. The molecule has 2 aromatic heterocycles. The van der Waals surface area contributed by atoms with Gasteiger partial charge >= 0.3 is 6.18 Å². The molecule has 12 heteroatoms. The van der Waals surface area contributed by atoms with Gasteiger partial charge in [0.05, 0.1) is 11.9 Å². The van der Waals surface area contributed by atoms with Crippen molar-refractivity contribution >= 4 is 17.4 Å². The lowest BCUT2D eigenvalue weighted by Crippen LogP contribution is -2.63. The van der Waals surface area contributed by atoms with Gasteiger partial charge in [0.25, 0.3) is 0 Å². The molecular formula is C29H37F3N8O. The van der Waals surface area contributed by atoms with E-state index in [1.54, 1.807) is 17.0 Å². The first-order valence-electron chi connectivity index (χ1n) is 14.0.